The molecular weight excluding hydrogens is 354 g/mol. The summed E-state index contributed by atoms with van der Waals surface area (Å²) in [5.74, 6) is -0.545. The van der Waals surface area contributed by atoms with Crippen molar-refractivity contribution >= 4 is 21.8 Å². The van der Waals surface area contributed by atoms with E-state index in [4.69, 9.17) is 0 Å². The van der Waals surface area contributed by atoms with Crippen LogP contribution in [0.3, 0.4) is 0 Å². The normalized spacial score (nSPS) is 25.8. The Kier molecular flexibility index (Phi) is 5.34. The van der Waals surface area contributed by atoms with E-state index in [1.807, 2.05) is 24.8 Å². The highest BCUT2D eigenvalue weighted by Crippen LogP contribution is 2.25. The summed E-state index contributed by atoms with van der Waals surface area (Å²) in [5.41, 5.74) is 0.574. The Morgan fingerprint density at radius 1 is 1.27 bits per heavy atom. The van der Waals surface area contributed by atoms with Crippen LogP contribution in [0, 0.1) is 5.92 Å². The molecule has 0 radical (unpaired) electrons. The van der Waals surface area contributed by atoms with Gasteiger partial charge < -0.3 is 5.32 Å². The van der Waals surface area contributed by atoms with E-state index in [9.17, 15) is 18.0 Å². The molecule has 0 spiro atoms. The van der Waals surface area contributed by atoms with Crippen molar-refractivity contribution in [3.63, 3.8) is 0 Å². The fraction of sp³-hybridized carbons (Fsp3) is 0.556. The van der Waals surface area contributed by atoms with Gasteiger partial charge in [0.25, 0.3) is 11.8 Å². The minimum absolute atomic E-state index is 0.0651. The largest absolute Gasteiger partial charge is 0.348 e. The third-order valence-electron chi connectivity index (χ3n) is 4.81. The molecule has 3 rings (SSSR count). The first-order chi connectivity index (χ1) is 12.3. The van der Waals surface area contributed by atoms with Crippen molar-refractivity contribution in [2.45, 2.75) is 32.4 Å². The molecule has 2 aliphatic heterocycles. The standard InChI is InChI=1S/C18H25N3O4S/c1-13(2)11-21-18(23)16-10-15(12-20(16)8-9-26(21,24)25)19-17(22)14-6-4-3-5-7-14/h3-7,13,15-16H,8-12H2,1-2H3,(H,19,22)/t15-,16-/m0/s1. The Morgan fingerprint density at radius 3 is 2.62 bits per heavy atom. The van der Waals surface area contributed by atoms with Crippen LogP contribution in [0.4, 0.5) is 0 Å². The van der Waals surface area contributed by atoms with Gasteiger partial charge in [-0.3, -0.25) is 14.5 Å². The van der Waals surface area contributed by atoms with E-state index < -0.39 is 16.1 Å². The molecule has 1 aromatic rings. The number of fused-ring (bicyclic) bond motifs is 1. The van der Waals surface area contributed by atoms with Gasteiger partial charge >= 0.3 is 0 Å². The van der Waals surface area contributed by atoms with Crippen LogP contribution in [0.1, 0.15) is 30.6 Å². The number of rotatable bonds is 4. The average Bonchev–Trinajstić information content (AvgIpc) is 2.97. The molecule has 2 saturated heterocycles. The van der Waals surface area contributed by atoms with Crippen LogP contribution in [0.2, 0.25) is 0 Å². The molecule has 142 valence electrons. The monoisotopic (exact) mass is 379 g/mol. The molecule has 2 aliphatic rings. The highest BCUT2D eigenvalue weighted by Gasteiger charge is 2.45. The molecule has 0 bridgehead atoms. The second-order valence-electron chi connectivity index (χ2n) is 7.36. The molecule has 8 heteroatoms. The lowest BCUT2D eigenvalue weighted by Gasteiger charge is -2.25. The zero-order valence-corrected chi connectivity index (χ0v) is 15.9. The van der Waals surface area contributed by atoms with Gasteiger partial charge in [0.05, 0.1) is 11.8 Å². The highest BCUT2D eigenvalue weighted by molar-refractivity contribution is 7.89. The zero-order chi connectivity index (χ0) is 18.9. The van der Waals surface area contributed by atoms with Crippen LogP contribution < -0.4 is 5.32 Å². The minimum atomic E-state index is -3.58. The Labute approximate surface area is 154 Å². The maximum Gasteiger partial charge on any atom is 0.253 e. The number of nitrogens with zero attached hydrogens (tertiary/aromatic N) is 2. The second kappa shape index (κ2) is 7.36. The van der Waals surface area contributed by atoms with Crippen molar-refractivity contribution in [3.05, 3.63) is 35.9 Å². The molecule has 7 nitrogen and oxygen atoms in total. The Morgan fingerprint density at radius 2 is 1.96 bits per heavy atom. The number of nitrogens with one attached hydrogen (secondary N) is 1. The van der Waals surface area contributed by atoms with E-state index in [1.54, 1.807) is 24.3 Å². The molecule has 26 heavy (non-hydrogen) atoms. The molecule has 1 aromatic carbocycles. The molecule has 2 fully saturated rings. The number of hydrogen-bond donors (Lipinski definition) is 1. The smallest absolute Gasteiger partial charge is 0.253 e. The maximum atomic E-state index is 12.9. The van der Waals surface area contributed by atoms with Crippen molar-refractivity contribution in [2.75, 3.05) is 25.4 Å². The summed E-state index contributed by atoms with van der Waals surface area (Å²) in [6.45, 7) is 4.78. The summed E-state index contributed by atoms with van der Waals surface area (Å²) in [5, 5.41) is 2.97. The van der Waals surface area contributed by atoms with Crippen LogP contribution in [0.15, 0.2) is 30.3 Å². The lowest BCUT2D eigenvalue weighted by molar-refractivity contribution is -0.130. The number of benzene rings is 1. The fourth-order valence-corrected chi connectivity index (χ4v) is 5.16. The quantitative estimate of drug-likeness (QED) is 0.832. The molecular formula is C18H25N3O4S. The third kappa shape index (κ3) is 3.91. The molecule has 2 atom stereocenters. The molecule has 2 heterocycles. The summed E-state index contributed by atoms with van der Waals surface area (Å²) in [4.78, 5) is 27.1. The summed E-state index contributed by atoms with van der Waals surface area (Å²) < 4.78 is 25.9. The average molecular weight is 379 g/mol. The van der Waals surface area contributed by atoms with Crippen LogP contribution in [-0.4, -0.2) is 66.9 Å². The molecule has 0 unspecified atom stereocenters. The van der Waals surface area contributed by atoms with Gasteiger partial charge in [0, 0.05) is 31.2 Å². The van der Waals surface area contributed by atoms with Gasteiger partial charge in [-0.25, -0.2) is 12.7 Å². The number of hydrogen-bond acceptors (Lipinski definition) is 5. The fourth-order valence-electron chi connectivity index (χ4n) is 3.55. The highest BCUT2D eigenvalue weighted by atomic mass is 32.2. The Bertz CT molecular complexity index is 779. The maximum absolute atomic E-state index is 12.9. The van der Waals surface area contributed by atoms with E-state index in [1.165, 1.54) is 0 Å². The van der Waals surface area contributed by atoms with Gasteiger partial charge in [0.1, 0.15) is 0 Å². The van der Waals surface area contributed by atoms with E-state index in [0.29, 0.717) is 25.1 Å². The number of carbonyl (C=O) groups excluding carboxylic acids is 2. The molecule has 1 N–H and O–H groups in total. The van der Waals surface area contributed by atoms with Crippen LogP contribution >= 0.6 is 0 Å². The number of sulfonamides is 1. The van der Waals surface area contributed by atoms with E-state index in [0.717, 1.165) is 4.31 Å². The van der Waals surface area contributed by atoms with Crippen molar-refractivity contribution in [1.82, 2.24) is 14.5 Å². The lowest BCUT2D eigenvalue weighted by atomic mass is 10.1. The second-order valence-corrected chi connectivity index (χ2v) is 9.37. The topological polar surface area (TPSA) is 86.8 Å². The van der Waals surface area contributed by atoms with E-state index in [2.05, 4.69) is 5.32 Å². The van der Waals surface area contributed by atoms with Crippen LogP contribution in [0.5, 0.6) is 0 Å². The van der Waals surface area contributed by atoms with Crippen molar-refractivity contribution in [1.29, 1.82) is 0 Å². The van der Waals surface area contributed by atoms with Crippen molar-refractivity contribution < 1.29 is 18.0 Å². The lowest BCUT2D eigenvalue weighted by Crippen LogP contribution is -2.45. The van der Waals surface area contributed by atoms with Crippen LogP contribution in [0.25, 0.3) is 0 Å². The van der Waals surface area contributed by atoms with E-state index in [-0.39, 0.29) is 36.1 Å². The van der Waals surface area contributed by atoms with Crippen molar-refractivity contribution in [2.24, 2.45) is 5.92 Å². The van der Waals surface area contributed by atoms with Crippen molar-refractivity contribution in [3.8, 4) is 0 Å². The molecule has 0 aromatic heterocycles. The van der Waals surface area contributed by atoms with Gasteiger partial charge in [-0.05, 0) is 24.5 Å². The van der Waals surface area contributed by atoms with Crippen LogP contribution in [-0.2, 0) is 14.8 Å². The SMILES string of the molecule is CC(C)CN1C(=O)[C@@H]2C[C@H](NC(=O)c3ccccc3)CN2CCS1(=O)=O. The van der Waals surface area contributed by atoms with Gasteiger partial charge in [0.2, 0.25) is 10.0 Å². The Hall–Kier alpha value is -1.93. The summed E-state index contributed by atoms with van der Waals surface area (Å²) in [7, 11) is -3.58. The van der Waals surface area contributed by atoms with Gasteiger partial charge in [-0.1, -0.05) is 32.0 Å². The summed E-state index contributed by atoms with van der Waals surface area (Å²) in [6, 6.07) is 8.27. The van der Waals surface area contributed by atoms with Gasteiger partial charge in [0.15, 0.2) is 0 Å². The molecule has 0 saturated carbocycles. The first-order valence-corrected chi connectivity index (χ1v) is 10.5. The van der Waals surface area contributed by atoms with E-state index >= 15 is 0 Å². The van der Waals surface area contributed by atoms with Gasteiger partial charge in [-0.15, -0.1) is 0 Å². The first-order valence-electron chi connectivity index (χ1n) is 8.92. The first kappa shape index (κ1) is 18.8. The molecule has 0 aliphatic carbocycles. The molecule has 2 amide bonds. The number of carbonyl (C=O) groups is 2. The predicted octanol–water partition coefficient (Wildman–Crippen LogP) is 0.687. The summed E-state index contributed by atoms with van der Waals surface area (Å²) >= 11 is 0. The predicted molar refractivity (Wildman–Crippen MR) is 98.0 cm³/mol. The minimum Gasteiger partial charge on any atom is -0.348 e. The number of amides is 2. The Balaban J connectivity index is 1.72. The van der Waals surface area contributed by atoms with Gasteiger partial charge in [-0.2, -0.15) is 0 Å². The third-order valence-corrected chi connectivity index (χ3v) is 6.51. The zero-order valence-electron chi connectivity index (χ0n) is 15.1. The summed E-state index contributed by atoms with van der Waals surface area (Å²) in [6.07, 6.45) is 0.432.